The molecule has 0 unspecified atom stereocenters. The molecule has 3 aromatic heterocycles. The van der Waals surface area contributed by atoms with Crippen LogP contribution in [-0.2, 0) is 24.3 Å². The third kappa shape index (κ3) is 3.48. The van der Waals surface area contributed by atoms with Crippen LogP contribution >= 0.6 is 11.3 Å². The van der Waals surface area contributed by atoms with Crippen molar-refractivity contribution in [3.05, 3.63) is 63.7 Å². The van der Waals surface area contributed by atoms with Gasteiger partial charge in [0.15, 0.2) is 0 Å². The Morgan fingerprint density at radius 1 is 1.03 bits per heavy atom. The highest BCUT2D eigenvalue weighted by atomic mass is 32.1. The number of piperazine rings is 1. The number of hydrogen-bond acceptors (Lipinski definition) is 7. The van der Waals surface area contributed by atoms with Crippen LogP contribution in [0.2, 0.25) is 0 Å². The lowest BCUT2D eigenvalue weighted by Gasteiger charge is -2.35. The molecule has 0 aliphatic carbocycles. The third-order valence-corrected chi connectivity index (χ3v) is 7.69. The number of hydrogen-bond donors (Lipinski definition) is 0. The number of rotatable bonds is 4. The Hall–Kier alpha value is -2.81. The molecule has 2 aliphatic rings. The fraction of sp³-hybridized carbons (Fsp3) is 0.375. The van der Waals surface area contributed by atoms with E-state index >= 15 is 0 Å². The van der Waals surface area contributed by atoms with Crippen molar-refractivity contribution in [2.45, 2.75) is 19.6 Å². The Morgan fingerprint density at radius 2 is 1.91 bits per heavy atom. The van der Waals surface area contributed by atoms with Gasteiger partial charge in [-0.1, -0.05) is 24.3 Å². The maximum absolute atomic E-state index is 13.1. The molecule has 5 heterocycles. The van der Waals surface area contributed by atoms with E-state index in [0.29, 0.717) is 19.8 Å². The molecular weight excluding hydrogens is 422 g/mol. The van der Waals surface area contributed by atoms with Crippen LogP contribution in [0.5, 0.6) is 0 Å². The largest absolute Gasteiger partial charge is 0.376 e. The summed E-state index contributed by atoms with van der Waals surface area (Å²) in [5, 5.41) is 3.24. The molecule has 0 N–H and O–H groups in total. The smallest absolute Gasteiger partial charge is 0.262 e. The van der Waals surface area contributed by atoms with Crippen molar-refractivity contribution in [3.8, 4) is 0 Å². The Labute approximate surface area is 189 Å². The molecule has 0 saturated carbocycles. The third-order valence-electron chi connectivity index (χ3n) is 6.57. The van der Waals surface area contributed by atoms with Crippen LogP contribution in [0.3, 0.4) is 0 Å². The van der Waals surface area contributed by atoms with E-state index in [1.54, 1.807) is 22.2 Å². The number of aromatic nitrogens is 3. The predicted molar refractivity (Wildman–Crippen MR) is 128 cm³/mol. The van der Waals surface area contributed by atoms with E-state index in [1.807, 2.05) is 6.20 Å². The molecule has 32 heavy (non-hydrogen) atoms. The fourth-order valence-corrected chi connectivity index (χ4v) is 5.91. The topological polar surface area (TPSA) is 63.5 Å². The monoisotopic (exact) mass is 447 g/mol. The summed E-state index contributed by atoms with van der Waals surface area (Å²) in [5.41, 5.74) is 1.24. The molecule has 0 spiro atoms. The van der Waals surface area contributed by atoms with E-state index in [4.69, 9.17) is 4.74 Å². The minimum absolute atomic E-state index is 0.0907. The van der Waals surface area contributed by atoms with E-state index in [1.165, 1.54) is 10.8 Å². The number of nitrogens with zero attached hydrogens (tertiary/aromatic N) is 5. The molecule has 7 nitrogen and oxygen atoms in total. The molecule has 0 radical (unpaired) electrons. The quantitative estimate of drug-likeness (QED) is 0.479. The van der Waals surface area contributed by atoms with E-state index in [9.17, 15) is 4.79 Å². The maximum atomic E-state index is 13.1. The number of fused-ring (bicyclic) bond motifs is 4. The second kappa shape index (κ2) is 8.27. The Kier molecular flexibility index (Phi) is 5.13. The number of anilines is 1. The number of ether oxygens (including phenoxy) is 1. The Morgan fingerprint density at radius 3 is 2.81 bits per heavy atom. The van der Waals surface area contributed by atoms with Gasteiger partial charge in [-0.05, 0) is 23.4 Å². The first-order chi connectivity index (χ1) is 15.8. The molecule has 1 aromatic carbocycles. The molecule has 0 bridgehead atoms. The summed E-state index contributed by atoms with van der Waals surface area (Å²) in [6.07, 6.45) is 4.42. The highest BCUT2D eigenvalue weighted by Crippen LogP contribution is 2.31. The lowest BCUT2D eigenvalue weighted by atomic mass is 10.1. The summed E-state index contributed by atoms with van der Waals surface area (Å²) in [6.45, 7) is 6.58. The molecule has 8 heteroatoms. The first-order valence-corrected chi connectivity index (χ1v) is 12.0. The van der Waals surface area contributed by atoms with Crippen LogP contribution in [0, 0.1) is 0 Å². The van der Waals surface area contributed by atoms with E-state index in [0.717, 1.165) is 65.6 Å². The minimum Gasteiger partial charge on any atom is -0.376 e. The Bertz CT molecular complexity index is 1330. The summed E-state index contributed by atoms with van der Waals surface area (Å²) >= 11 is 1.60. The average Bonchev–Trinajstić information content (AvgIpc) is 3.23. The van der Waals surface area contributed by atoms with Gasteiger partial charge in [-0.15, -0.1) is 11.3 Å². The van der Waals surface area contributed by atoms with Gasteiger partial charge < -0.3 is 9.64 Å². The van der Waals surface area contributed by atoms with Gasteiger partial charge in [0, 0.05) is 55.7 Å². The predicted octanol–water partition coefficient (Wildman–Crippen LogP) is 2.90. The van der Waals surface area contributed by atoms with Gasteiger partial charge in [0.1, 0.15) is 10.6 Å². The second-order valence-electron chi connectivity index (χ2n) is 8.41. The lowest BCUT2D eigenvalue weighted by molar-refractivity contribution is 0.114. The van der Waals surface area contributed by atoms with E-state index in [-0.39, 0.29) is 5.56 Å². The van der Waals surface area contributed by atoms with Crippen molar-refractivity contribution < 1.29 is 4.74 Å². The zero-order valence-corrected chi connectivity index (χ0v) is 18.7. The van der Waals surface area contributed by atoms with E-state index < -0.39 is 0 Å². The molecule has 0 amide bonds. The normalized spacial score (nSPS) is 17.2. The molecular formula is C24H25N5O2S. The maximum Gasteiger partial charge on any atom is 0.262 e. The summed E-state index contributed by atoms with van der Waals surface area (Å²) in [4.78, 5) is 29.2. The van der Waals surface area contributed by atoms with Crippen molar-refractivity contribution in [2.75, 3.05) is 44.2 Å². The van der Waals surface area contributed by atoms with Gasteiger partial charge >= 0.3 is 0 Å². The summed E-state index contributed by atoms with van der Waals surface area (Å²) in [5.74, 6) is 1.07. The first-order valence-electron chi connectivity index (χ1n) is 11.2. The molecule has 4 aromatic rings. The number of benzene rings is 1. The van der Waals surface area contributed by atoms with Gasteiger partial charge in [-0.2, -0.15) is 0 Å². The SMILES string of the molecule is O=c1c2c3c(sc2ncn1CCN1CCN(c2nccc4ccccc24)CC1)COCC3. The van der Waals surface area contributed by atoms with Crippen LogP contribution in [-0.4, -0.2) is 58.8 Å². The van der Waals surface area contributed by atoms with Crippen LogP contribution in [0.1, 0.15) is 10.4 Å². The summed E-state index contributed by atoms with van der Waals surface area (Å²) < 4.78 is 7.33. The summed E-state index contributed by atoms with van der Waals surface area (Å²) in [7, 11) is 0. The number of thiophene rings is 1. The van der Waals surface area contributed by atoms with Crippen molar-refractivity contribution in [1.29, 1.82) is 0 Å². The molecule has 2 aliphatic heterocycles. The zero-order chi connectivity index (χ0) is 21.5. The average molecular weight is 448 g/mol. The zero-order valence-electron chi connectivity index (χ0n) is 17.9. The van der Waals surface area contributed by atoms with Gasteiger partial charge in [0.05, 0.1) is 24.9 Å². The van der Waals surface area contributed by atoms with E-state index in [2.05, 4.69) is 50.1 Å². The standard InChI is InChI=1S/C24H25N5O2S/c30-24-21-19-6-14-31-15-20(19)32-23(21)26-16-29(24)13-10-27-8-11-28(12-9-27)22-18-4-2-1-3-17(18)5-7-25-22/h1-5,7,16H,6,8-15H2. The summed E-state index contributed by atoms with van der Waals surface area (Å²) in [6, 6.07) is 10.5. The van der Waals surface area contributed by atoms with Gasteiger partial charge in [-0.3, -0.25) is 14.3 Å². The van der Waals surface area contributed by atoms with Crippen molar-refractivity contribution >= 4 is 38.1 Å². The highest BCUT2D eigenvalue weighted by molar-refractivity contribution is 7.18. The Balaban J connectivity index is 1.14. The molecule has 6 rings (SSSR count). The minimum atomic E-state index is 0.0907. The second-order valence-corrected chi connectivity index (χ2v) is 9.50. The highest BCUT2D eigenvalue weighted by Gasteiger charge is 2.22. The molecule has 0 atom stereocenters. The molecule has 1 saturated heterocycles. The molecule has 164 valence electrons. The van der Waals surface area contributed by atoms with Gasteiger partial charge in [0.25, 0.3) is 5.56 Å². The fourth-order valence-electron chi connectivity index (χ4n) is 4.79. The van der Waals surface area contributed by atoms with Crippen LogP contribution in [0.4, 0.5) is 5.82 Å². The van der Waals surface area contributed by atoms with Crippen molar-refractivity contribution in [2.24, 2.45) is 0 Å². The van der Waals surface area contributed by atoms with Gasteiger partial charge in [0.2, 0.25) is 0 Å². The van der Waals surface area contributed by atoms with Gasteiger partial charge in [-0.25, -0.2) is 9.97 Å². The lowest BCUT2D eigenvalue weighted by Crippen LogP contribution is -2.47. The van der Waals surface area contributed by atoms with Crippen LogP contribution in [0.25, 0.3) is 21.0 Å². The van der Waals surface area contributed by atoms with Crippen molar-refractivity contribution in [3.63, 3.8) is 0 Å². The van der Waals surface area contributed by atoms with Crippen LogP contribution in [0.15, 0.2) is 47.7 Å². The first kappa shape index (κ1) is 19.8. The van der Waals surface area contributed by atoms with Crippen molar-refractivity contribution in [1.82, 2.24) is 19.4 Å². The molecule has 1 fully saturated rings. The van der Waals surface area contributed by atoms with Crippen LogP contribution < -0.4 is 10.5 Å². The number of pyridine rings is 1.